The number of nitrogens with one attached hydrogen (secondary N) is 1. The second-order valence-corrected chi connectivity index (χ2v) is 6.74. The predicted molar refractivity (Wildman–Crippen MR) is 107 cm³/mol. The molecule has 1 fully saturated rings. The van der Waals surface area contributed by atoms with Crippen molar-refractivity contribution in [2.75, 3.05) is 13.1 Å². The fourth-order valence-corrected chi connectivity index (χ4v) is 3.62. The molecule has 3 rings (SSSR count). The molecule has 2 heterocycles. The van der Waals surface area contributed by atoms with E-state index >= 15 is 0 Å². The van der Waals surface area contributed by atoms with Gasteiger partial charge in [-0.25, -0.2) is 4.98 Å². The van der Waals surface area contributed by atoms with Crippen molar-refractivity contribution in [1.29, 1.82) is 0 Å². The molecule has 0 saturated carbocycles. The number of hydrogen-bond donors (Lipinski definition) is 2. The molecular weight excluding hydrogens is 379 g/mol. The van der Waals surface area contributed by atoms with Crippen LogP contribution in [0.4, 0.5) is 0 Å². The van der Waals surface area contributed by atoms with Gasteiger partial charge in [-0.05, 0) is 24.9 Å². The van der Waals surface area contributed by atoms with Crippen LogP contribution in [-0.4, -0.2) is 34.9 Å². The number of nitrogens with two attached hydrogens (primary N) is 1. The molecule has 138 valence electrons. The maximum atomic E-state index is 12.2. The number of benzene rings is 1. The van der Waals surface area contributed by atoms with Gasteiger partial charge in [0, 0.05) is 31.1 Å². The van der Waals surface area contributed by atoms with Crippen molar-refractivity contribution in [2.24, 2.45) is 5.73 Å². The Morgan fingerprint density at radius 1 is 1.32 bits per heavy atom. The summed E-state index contributed by atoms with van der Waals surface area (Å²) in [4.78, 5) is 18.8. The maximum Gasteiger partial charge on any atom is 0.270 e. The highest BCUT2D eigenvalue weighted by molar-refractivity contribution is 7.09. The van der Waals surface area contributed by atoms with Gasteiger partial charge in [0.2, 0.25) is 0 Å². The third-order valence-corrected chi connectivity index (χ3v) is 5.06. The molecule has 0 spiro atoms. The van der Waals surface area contributed by atoms with Gasteiger partial charge in [-0.2, -0.15) is 0 Å². The fourth-order valence-electron chi connectivity index (χ4n) is 2.96. The number of nitrogens with zero attached hydrogens (tertiary/aromatic N) is 2. The number of amides is 1. The van der Waals surface area contributed by atoms with E-state index in [9.17, 15) is 4.79 Å². The Balaban J connectivity index is 0.00000156. The zero-order valence-corrected chi connectivity index (χ0v) is 16.3. The van der Waals surface area contributed by atoms with Gasteiger partial charge in [0.1, 0.15) is 10.7 Å². The van der Waals surface area contributed by atoms with Gasteiger partial charge in [-0.1, -0.05) is 30.3 Å². The molecule has 1 aliphatic rings. The van der Waals surface area contributed by atoms with E-state index in [2.05, 4.69) is 39.5 Å². The minimum atomic E-state index is -0.104. The first-order valence-corrected chi connectivity index (χ1v) is 8.85. The lowest BCUT2D eigenvalue weighted by Crippen LogP contribution is -2.39. The molecule has 0 radical (unpaired) electrons. The molecule has 1 saturated heterocycles. The van der Waals surface area contributed by atoms with Crippen molar-refractivity contribution in [2.45, 2.75) is 32.0 Å². The van der Waals surface area contributed by atoms with Crippen LogP contribution in [0, 0.1) is 0 Å². The van der Waals surface area contributed by atoms with E-state index < -0.39 is 0 Å². The van der Waals surface area contributed by atoms with Crippen LogP contribution in [-0.2, 0) is 13.1 Å². The summed E-state index contributed by atoms with van der Waals surface area (Å²) in [6, 6.07) is 10.9. The molecule has 8 heteroatoms. The molecule has 1 aliphatic heterocycles. The molecule has 3 N–H and O–H groups in total. The van der Waals surface area contributed by atoms with Gasteiger partial charge < -0.3 is 11.1 Å². The Morgan fingerprint density at radius 3 is 2.76 bits per heavy atom. The number of rotatable bonds is 6. The normalized spacial score (nSPS) is 16.8. The largest absolute Gasteiger partial charge is 0.349 e. The minimum absolute atomic E-state index is 0. The SMILES string of the molecule is Cl.Cl.NCc1nc(C(=O)NCC2CCCN2Cc2ccccc2)cs1. The molecule has 2 aromatic rings. The number of hydrogen-bond acceptors (Lipinski definition) is 5. The van der Waals surface area contributed by atoms with Crippen LogP contribution >= 0.6 is 36.2 Å². The summed E-state index contributed by atoms with van der Waals surface area (Å²) >= 11 is 1.43. The first kappa shape index (κ1) is 21.9. The second-order valence-electron chi connectivity index (χ2n) is 5.79. The fraction of sp³-hybridized carbons (Fsp3) is 0.412. The van der Waals surface area contributed by atoms with Crippen molar-refractivity contribution in [1.82, 2.24) is 15.2 Å². The highest BCUT2D eigenvalue weighted by Crippen LogP contribution is 2.19. The van der Waals surface area contributed by atoms with Crippen LogP contribution in [0.3, 0.4) is 0 Å². The summed E-state index contributed by atoms with van der Waals surface area (Å²) in [7, 11) is 0. The predicted octanol–water partition coefficient (Wildman–Crippen LogP) is 2.84. The van der Waals surface area contributed by atoms with Crippen LogP contribution in [0.25, 0.3) is 0 Å². The van der Waals surface area contributed by atoms with Crippen molar-refractivity contribution in [3.63, 3.8) is 0 Å². The first-order chi connectivity index (χ1) is 11.3. The standard InChI is InChI=1S/C17H22N4OS.2ClH/c18-9-16-20-15(12-23-16)17(22)19-10-14-7-4-8-21(14)11-13-5-2-1-3-6-13;;/h1-3,5-6,12,14H,4,7-11,18H2,(H,19,22);2*1H. The van der Waals surface area contributed by atoms with E-state index in [1.807, 2.05) is 6.07 Å². The lowest BCUT2D eigenvalue weighted by Gasteiger charge is -2.24. The van der Waals surface area contributed by atoms with Crippen molar-refractivity contribution in [3.05, 3.63) is 52.0 Å². The summed E-state index contributed by atoms with van der Waals surface area (Å²) in [5.74, 6) is -0.104. The smallest absolute Gasteiger partial charge is 0.270 e. The molecule has 5 nitrogen and oxygen atoms in total. The van der Waals surface area contributed by atoms with Gasteiger partial charge >= 0.3 is 0 Å². The quantitative estimate of drug-likeness (QED) is 0.778. The Hall–Kier alpha value is -1.18. The molecule has 1 amide bonds. The number of aromatic nitrogens is 1. The monoisotopic (exact) mass is 402 g/mol. The van der Waals surface area contributed by atoms with E-state index in [0.717, 1.165) is 24.5 Å². The highest BCUT2D eigenvalue weighted by Gasteiger charge is 2.25. The van der Waals surface area contributed by atoms with E-state index in [1.165, 1.54) is 23.3 Å². The van der Waals surface area contributed by atoms with Crippen LogP contribution in [0.15, 0.2) is 35.7 Å². The third-order valence-electron chi connectivity index (χ3n) is 4.18. The Kier molecular flexibility index (Phi) is 9.38. The van der Waals surface area contributed by atoms with Gasteiger partial charge in [-0.3, -0.25) is 9.69 Å². The lowest BCUT2D eigenvalue weighted by molar-refractivity contribution is 0.0935. The average Bonchev–Trinajstić information content (AvgIpc) is 3.23. The molecule has 25 heavy (non-hydrogen) atoms. The maximum absolute atomic E-state index is 12.2. The summed E-state index contributed by atoms with van der Waals surface area (Å²) in [6.07, 6.45) is 2.31. The van der Waals surface area contributed by atoms with Crippen molar-refractivity contribution < 1.29 is 4.79 Å². The van der Waals surface area contributed by atoms with Crippen LogP contribution in [0.5, 0.6) is 0 Å². The van der Waals surface area contributed by atoms with E-state index in [-0.39, 0.29) is 30.7 Å². The summed E-state index contributed by atoms with van der Waals surface area (Å²) < 4.78 is 0. The van der Waals surface area contributed by atoms with Gasteiger partial charge in [0.05, 0.1) is 0 Å². The number of carbonyl (C=O) groups excluding carboxylic acids is 1. The Labute approximate surface area is 164 Å². The molecule has 1 aromatic heterocycles. The zero-order chi connectivity index (χ0) is 16.1. The molecular formula is C17H24Cl2N4OS. The molecule has 1 aromatic carbocycles. The number of thiazole rings is 1. The number of halogens is 2. The zero-order valence-electron chi connectivity index (χ0n) is 13.9. The van der Waals surface area contributed by atoms with E-state index in [4.69, 9.17) is 5.73 Å². The summed E-state index contributed by atoms with van der Waals surface area (Å²) in [6.45, 7) is 3.07. The van der Waals surface area contributed by atoms with Crippen LogP contribution < -0.4 is 11.1 Å². The Bertz CT molecular complexity index is 653. The molecule has 1 atom stereocenters. The van der Waals surface area contributed by atoms with Crippen LogP contribution in [0.1, 0.15) is 33.9 Å². The van der Waals surface area contributed by atoms with E-state index in [0.29, 0.717) is 24.8 Å². The molecule has 0 bridgehead atoms. The number of likely N-dealkylation sites (tertiary alicyclic amines) is 1. The van der Waals surface area contributed by atoms with E-state index in [1.54, 1.807) is 5.38 Å². The van der Waals surface area contributed by atoms with Gasteiger partial charge in [0.25, 0.3) is 5.91 Å². The average molecular weight is 403 g/mol. The summed E-state index contributed by atoms with van der Waals surface area (Å²) in [5, 5.41) is 5.58. The highest BCUT2D eigenvalue weighted by atomic mass is 35.5. The Morgan fingerprint density at radius 2 is 2.08 bits per heavy atom. The second kappa shape index (κ2) is 10.7. The topological polar surface area (TPSA) is 71.2 Å². The third kappa shape index (κ3) is 5.94. The minimum Gasteiger partial charge on any atom is -0.349 e. The van der Waals surface area contributed by atoms with Crippen molar-refractivity contribution >= 4 is 42.1 Å². The van der Waals surface area contributed by atoms with Gasteiger partial charge in [-0.15, -0.1) is 36.2 Å². The lowest BCUT2D eigenvalue weighted by atomic mass is 10.2. The van der Waals surface area contributed by atoms with Crippen LogP contribution in [0.2, 0.25) is 0 Å². The number of carbonyl (C=O) groups is 1. The molecule has 1 unspecified atom stereocenters. The van der Waals surface area contributed by atoms with Crippen molar-refractivity contribution in [3.8, 4) is 0 Å². The van der Waals surface area contributed by atoms with Gasteiger partial charge in [0.15, 0.2) is 0 Å². The summed E-state index contributed by atoms with van der Waals surface area (Å²) in [5.41, 5.74) is 7.33. The molecule has 0 aliphatic carbocycles. The first-order valence-electron chi connectivity index (χ1n) is 7.97.